The molecule has 0 spiro atoms. The highest BCUT2D eigenvalue weighted by Gasteiger charge is 3.03. The van der Waals surface area contributed by atoms with Crippen molar-refractivity contribution in [2.24, 2.45) is 0 Å². The standard InChI is InChI=1S/C22H5F41O/c23-3(24,1-2-64)4(25,26)5(27,28)6(29,30)7(31,32)8(33,34)9(35,36)10(37,38)11(39,40)12(41,42)13(43,44)14(45,46)15(47,48)16(49,50)17(51,52)18(53,54)19(55,56)20(57,58)21(59,60)22(61,62)63/h64H,1-2H2. The molecule has 0 aromatic rings. The van der Waals surface area contributed by atoms with Gasteiger partial charge in [-0.3, -0.25) is 0 Å². The maximum Gasteiger partial charge on any atom is 0.460 e. The molecule has 0 unspecified atom stereocenters. The zero-order valence-corrected chi connectivity index (χ0v) is 27.4. The number of aliphatic hydroxyl groups excluding tert-OH is 1. The lowest BCUT2D eigenvalue weighted by Crippen LogP contribution is -2.80. The molecule has 0 atom stereocenters. The highest BCUT2D eigenvalue weighted by atomic mass is 19.4. The number of aliphatic hydroxyl groups is 1. The third-order valence-electron chi connectivity index (χ3n) is 7.94. The molecular weight excluding hydrogens is 1060 g/mol. The first kappa shape index (κ1) is 61.1. The molecule has 42 heteroatoms. The Labute approximate surface area is 318 Å². The van der Waals surface area contributed by atoms with E-state index in [1.165, 1.54) is 0 Å². The topological polar surface area (TPSA) is 20.2 Å². The van der Waals surface area contributed by atoms with E-state index in [-0.39, 0.29) is 0 Å². The van der Waals surface area contributed by atoms with Crippen LogP contribution in [0.5, 0.6) is 0 Å². The van der Waals surface area contributed by atoms with Crippen molar-refractivity contribution >= 4 is 0 Å². The van der Waals surface area contributed by atoms with Gasteiger partial charge in [0.2, 0.25) is 0 Å². The van der Waals surface area contributed by atoms with Crippen LogP contribution in [0.15, 0.2) is 0 Å². The summed E-state index contributed by atoms with van der Waals surface area (Å²) >= 11 is 0. The summed E-state index contributed by atoms with van der Waals surface area (Å²) in [5.41, 5.74) is 0. The van der Waals surface area contributed by atoms with Crippen molar-refractivity contribution in [1.82, 2.24) is 0 Å². The van der Waals surface area contributed by atoms with Crippen LogP contribution < -0.4 is 0 Å². The molecule has 0 aliphatic rings. The van der Waals surface area contributed by atoms with Crippen LogP contribution in [0.4, 0.5) is 180 Å². The van der Waals surface area contributed by atoms with E-state index in [2.05, 4.69) is 0 Å². The van der Waals surface area contributed by atoms with Gasteiger partial charge < -0.3 is 5.11 Å². The zero-order valence-electron chi connectivity index (χ0n) is 27.4. The third-order valence-corrected chi connectivity index (χ3v) is 7.94. The summed E-state index contributed by atoms with van der Waals surface area (Å²) in [6, 6.07) is 0. The molecule has 0 radical (unpaired) electrons. The summed E-state index contributed by atoms with van der Waals surface area (Å²) < 4.78 is 557. The summed E-state index contributed by atoms with van der Waals surface area (Å²) in [6.07, 6.45) is -11.9. The molecule has 0 aliphatic heterocycles. The average molecular weight is 1060 g/mol. The quantitative estimate of drug-likeness (QED) is 0.121. The normalized spacial score (nSPS) is 17.3. The maximum atomic E-state index is 14.0. The Morgan fingerprint density at radius 3 is 0.391 bits per heavy atom. The van der Waals surface area contributed by atoms with E-state index < -0.39 is 132 Å². The zero-order chi connectivity index (χ0) is 53.4. The van der Waals surface area contributed by atoms with Gasteiger partial charge in [0.05, 0.1) is 0 Å². The van der Waals surface area contributed by atoms with E-state index in [0.29, 0.717) is 0 Å². The van der Waals surface area contributed by atoms with Crippen LogP contribution in [0.1, 0.15) is 6.42 Å². The van der Waals surface area contributed by atoms with E-state index in [4.69, 9.17) is 5.11 Å². The van der Waals surface area contributed by atoms with Gasteiger partial charge >= 0.3 is 119 Å². The molecule has 64 heavy (non-hydrogen) atoms. The lowest BCUT2D eigenvalue weighted by molar-refractivity contribution is -0.495. The van der Waals surface area contributed by atoms with Crippen LogP contribution in [0.25, 0.3) is 0 Å². The number of rotatable bonds is 20. The first-order chi connectivity index (χ1) is 26.8. The van der Waals surface area contributed by atoms with Crippen LogP contribution in [0.2, 0.25) is 0 Å². The highest BCUT2D eigenvalue weighted by Crippen LogP contribution is 2.71. The Balaban J connectivity index is 7.98. The molecule has 0 saturated heterocycles. The average Bonchev–Trinajstić information content (AvgIpc) is 3.05. The molecule has 0 amide bonds. The molecule has 0 heterocycles. The SMILES string of the molecule is OCCC(F)(F)C(F)(F)C(F)(F)C(F)(F)C(F)(F)C(F)(F)C(F)(F)C(F)(F)C(F)(F)C(F)(F)C(F)(F)C(F)(F)C(F)(F)C(F)(F)C(F)(F)C(F)(F)C(F)(F)C(F)(F)C(F)(F)C(F)(F)F. The second-order valence-corrected chi connectivity index (χ2v) is 12.0. The summed E-state index contributed by atoms with van der Waals surface area (Å²) in [5, 5.41) is 8.05. The molecule has 0 saturated carbocycles. The van der Waals surface area contributed by atoms with Crippen molar-refractivity contribution in [3.05, 3.63) is 0 Å². The molecule has 0 aromatic heterocycles. The molecule has 0 rings (SSSR count). The van der Waals surface area contributed by atoms with E-state index in [0.717, 1.165) is 0 Å². The minimum Gasteiger partial charge on any atom is -0.396 e. The predicted octanol–water partition coefficient (Wildman–Crippen LogP) is 13.0. The van der Waals surface area contributed by atoms with Gasteiger partial charge in [0.25, 0.3) is 0 Å². The lowest BCUT2D eigenvalue weighted by Gasteiger charge is -2.47. The summed E-state index contributed by atoms with van der Waals surface area (Å²) in [6.45, 7) is -2.69. The van der Waals surface area contributed by atoms with Gasteiger partial charge in [-0.1, -0.05) is 0 Å². The lowest BCUT2D eigenvalue weighted by atomic mass is 9.81. The van der Waals surface area contributed by atoms with Gasteiger partial charge in [-0.05, 0) is 0 Å². The van der Waals surface area contributed by atoms with Gasteiger partial charge in [0.15, 0.2) is 0 Å². The predicted molar refractivity (Wildman–Crippen MR) is 112 cm³/mol. The number of halogens is 41. The van der Waals surface area contributed by atoms with Crippen molar-refractivity contribution in [2.45, 2.75) is 125 Å². The van der Waals surface area contributed by atoms with E-state index in [9.17, 15) is 180 Å². The van der Waals surface area contributed by atoms with Gasteiger partial charge in [0.1, 0.15) is 0 Å². The van der Waals surface area contributed by atoms with Crippen molar-refractivity contribution < 1.29 is 185 Å². The Bertz CT molecular complexity index is 1670. The highest BCUT2D eigenvalue weighted by molar-refractivity contribution is 5.23. The first-order valence-electron chi connectivity index (χ1n) is 13.7. The second-order valence-electron chi connectivity index (χ2n) is 12.0. The minimum absolute atomic E-state index is 2.69. The van der Waals surface area contributed by atoms with Gasteiger partial charge in [-0.25, -0.2) is 0 Å². The minimum atomic E-state index is -10.6. The molecule has 386 valence electrons. The molecule has 0 bridgehead atoms. The molecule has 0 fully saturated rings. The van der Waals surface area contributed by atoms with Gasteiger partial charge in [-0.2, -0.15) is 180 Å². The van der Waals surface area contributed by atoms with Gasteiger partial charge in [-0.15, -0.1) is 0 Å². The van der Waals surface area contributed by atoms with Crippen molar-refractivity contribution in [3.63, 3.8) is 0 Å². The monoisotopic (exact) mass is 1060 g/mol. The van der Waals surface area contributed by atoms with E-state index >= 15 is 0 Å². The van der Waals surface area contributed by atoms with Crippen molar-refractivity contribution in [1.29, 1.82) is 0 Å². The van der Waals surface area contributed by atoms with Crippen LogP contribution in [-0.4, -0.2) is 130 Å². The van der Waals surface area contributed by atoms with Crippen LogP contribution in [-0.2, 0) is 0 Å². The molecule has 1 nitrogen and oxygen atoms in total. The fraction of sp³-hybridized carbons (Fsp3) is 1.00. The molecular formula is C22H5F41O. The first-order valence-corrected chi connectivity index (χ1v) is 13.7. The largest absolute Gasteiger partial charge is 0.460 e. The Kier molecular flexibility index (Phi) is 14.1. The van der Waals surface area contributed by atoms with E-state index in [1.807, 2.05) is 0 Å². The fourth-order valence-electron chi connectivity index (χ4n) is 3.86. The van der Waals surface area contributed by atoms with Crippen LogP contribution in [0.3, 0.4) is 0 Å². The fourth-order valence-corrected chi connectivity index (χ4v) is 3.86. The Morgan fingerprint density at radius 2 is 0.281 bits per heavy atom. The molecule has 0 aliphatic carbocycles. The summed E-state index contributed by atoms with van der Waals surface area (Å²) in [4.78, 5) is 0. The Hall–Kier alpha value is -2.91. The Morgan fingerprint density at radius 1 is 0.172 bits per heavy atom. The van der Waals surface area contributed by atoms with E-state index in [1.54, 1.807) is 0 Å². The van der Waals surface area contributed by atoms with Crippen LogP contribution in [0, 0.1) is 0 Å². The van der Waals surface area contributed by atoms with Crippen molar-refractivity contribution in [2.75, 3.05) is 6.61 Å². The summed E-state index contributed by atoms with van der Waals surface area (Å²) in [5.74, 6) is -188. The maximum absolute atomic E-state index is 14.0. The second kappa shape index (κ2) is 14.8. The number of hydrogen-bond acceptors (Lipinski definition) is 1. The number of alkyl halides is 41. The van der Waals surface area contributed by atoms with Crippen molar-refractivity contribution in [3.8, 4) is 0 Å². The summed E-state index contributed by atoms with van der Waals surface area (Å²) in [7, 11) is 0. The van der Waals surface area contributed by atoms with Crippen LogP contribution >= 0.6 is 0 Å². The third kappa shape index (κ3) is 6.73. The number of hydrogen-bond donors (Lipinski definition) is 1. The molecule has 1 N–H and O–H groups in total. The van der Waals surface area contributed by atoms with Gasteiger partial charge in [0, 0.05) is 13.0 Å². The smallest absolute Gasteiger partial charge is 0.396 e. The molecule has 0 aromatic carbocycles.